The largest absolute Gasteiger partial charge is 0.450 e. The molecular weight excluding hydrogens is 349 g/mol. The van der Waals surface area contributed by atoms with Crippen molar-refractivity contribution in [1.29, 1.82) is 5.26 Å². The number of nitrogens with one attached hydrogen (secondary N) is 2. The van der Waals surface area contributed by atoms with Crippen LogP contribution in [0.2, 0.25) is 0 Å². The first-order chi connectivity index (χ1) is 13.1. The number of ether oxygens (including phenoxy) is 1. The summed E-state index contributed by atoms with van der Waals surface area (Å²) in [7, 11) is 0. The molecule has 2 N–H and O–H groups in total. The quantitative estimate of drug-likeness (QED) is 0.609. The lowest BCUT2D eigenvalue weighted by Gasteiger charge is -2.32. The number of benzene rings is 1. The molecule has 1 aliphatic heterocycles. The van der Waals surface area contributed by atoms with Crippen molar-refractivity contribution >= 4 is 12.1 Å². The molecule has 1 aromatic rings. The lowest BCUT2D eigenvalue weighted by molar-refractivity contribution is 0.0963. The van der Waals surface area contributed by atoms with Gasteiger partial charge in [-0.05, 0) is 38.8 Å². The zero-order chi connectivity index (χ0) is 19.6. The second kappa shape index (κ2) is 10.4. The number of halogens is 1. The maximum atomic E-state index is 14.0. The standard InChI is InChI=1S/C19H26FN5O2/c1-3-22-18(23-13-15-6-5-14(12-21)11-17(15)20)24-16-7-9-25(10-8-16)19(26)27-4-2/h5-6,11,16H,3-4,7-10,13H2,1-2H3,(H2,22,23,24). The van der Waals surface area contributed by atoms with E-state index in [9.17, 15) is 9.18 Å². The van der Waals surface area contributed by atoms with E-state index in [2.05, 4.69) is 15.6 Å². The third kappa shape index (κ3) is 6.13. The molecule has 0 unspecified atom stereocenters. The second-order valence-corrected chi connectivity index (χ2v) is 6.22. The summed E-state index contributed by atoms with van der Waals surface area (Å²) in [5.41, 5.74) is 0.724. The van der Waals surface area contributed by atoms with Crippen LogP contribution in [-0.2, 0) is 11.3 Å². The van der Waals surface area contributed by atoms with E-state index in [1.807, 2.05) is 13.0 Å². The SMILES string of the molecule is CCNC(=NCc1ccc(C#N)cc1F)NC1CCN(C(=O)OCC)CC1. The number of carbonyl (C=O) groups is 1. The topological polar surface area (TPSA) is 89.8 Å². The lowest BCUT2D eigenvalue weighted by atomic mass is 10.1. The fourth-order valence-corrected chi connectivity index (χ4v) is 2.84. The summed E-state index contributed by atoms with van der Waals surface area (Å²) >= 11 is 0. The van der Waals surface area contributed by atoms with Gasteiger partial charge in [0, 0.05) is 31.2 Å². The minimum Gasteiger partial charge on any atom is -0.450 e. The van der Waals surface area contributed by atoms with E-state index >= 15 is 0 Å². The molecule has 1 heterocycles. The van der Waals surface area contributed by atoms with Crippen molar-refractivity contribution in [3.05, 3.63) is 35.1 Å². The van der Waals surface area contributed by atoms with Gasteiger partial charge >= 0.3 is 6.09 Å². The van der Waals surface area contributed by atoms with Gasteiger partial charge in [-0.1, -0.05) is 6.07 Å². The van der Waals surface area contributed by atoms with Gasteiger partial charge in [-0.25, -0.2) is 14.2 Å². The smallest absolute Gasteiger partial charge is 0.409 e. The van der Waals surface area contributed by atoms with Gasteiger partial charge in [-0.2, -0.15) is 5.26 Å². The summed E-state index contributed by atoms with van der Waals surface area (Å²) in [6.45, 7) is 6.24. The number of guanidine groups is 1. The Hall–Kier alpha value is -2.82. The number of nitrogens with zero attached hydrogens (tertiary/aromatic N) is 3. The number of piperidine rings is 1. The molecule has 0 aromatic heterocycles. The molecule has 0 atom stereocenters. The van der Waals surface area contributed by atoms with E-state index in [1.54, 1.807) is 24.0 Å². The molecule has 0 radical (unpaired) electrons. The highest BCUT2D eigenvalue weighted by atomic mass is 19.1. The number of carbonyl (C=O) groups excluding carboxylic acids is 1. The Balaban J connectivity index is 1.93. The molecule has 0 saturated carbocycles. The van der Waals surface area contributed by atoms with Gasteiger partial charge in [0.25, 0.3) is 0 Å². The van der Waals surface area contributed by atoms with Gasteiger partial charge in [-0.3, -0.25) is 0 Å². The third-order valence-corrected chi connectivity index (χ3v) is 4.30. The molecule has 0 bridgehead atoms. The Morgan fingerprint density at radius 2 is 2.15 bits per heavy atom. The number of amides is 1. The number of aliphatic imine (C=N–C) groups is 1. The maximum Gasteiger partial charge on any atom is 0.409 e. The van der Waals surface area contributed by atoms with Crippen molar-refractivity contribution < 1.29 is 13.9 Å². The average molecular weight is 375 g/mol. The van der Waals surface area contributed by atoms with Crippen molar-refractivity contribution in [2.75, 3.05) is 26.2 Å². The van der Waals surface area contributed by atoms with E-state index in [1.165, 1.54) is 6.07 Å². The fourth-order valence-electron chi connectivity index (χ4n) is 2.84. The molecule has 1 amide bonds. The summed E-state index contributed by atoms with van der Waals surface area (Å²) < 4.78 is 19.0. The first-order valence-corrected chi connectivity index (χ1v) is 9.22. The molecule has 1 aromatic carbocycles. The highest BCUT2D eigenvalue weighted by Crippen LogP contribution is 2.13. The molecule has 8 heteroatoms. The van der Waals surface area contributed by atoms with Crippen molar-refractivity contribution in [3.63, 3.8) is 0 Å². The van der Waals surface area contributed by atoms with Gasteiger partial charge in [0.2, 0.25) is 0 Å². The number of rotatable bonds is 5. The van der Waals surface area contributed by atoms with Crippen LogP contribution in [0.1, 0.15) is 37.8 Å². The predicted octanol–water partition coefficient (Wildman–Crippen LogP) is 2.37. The minimum absolute atomic E-state index is 0.175. The summed E-state index contributed by atoms with van der Waals surface area (Å²) in [6, 6.07) is 6.48. The summed E-state index contributed by atoms with van der Waals surface area (Å²) in [5, 5.41) is 15.3. The zero-order valence-corrected chi connectivity index (χ0v) is 15.8. The van der Waals surface area contributed by atoms with E-state index in [0.717, 1.165) is 12.8 Å². The van der Waals surface area contributed by atoms with Crippen LogP contribution < -0.4 is 10.6 Å². The lowest BCUT2D eigenvalue weighted by Crippen LogP contribution is -2.49. The Morgan fingerprint density at radius 1 is 1.41 bits per heavy atom. The van der Waals surface area contributed by atoms with Crippen LogP contribution in [0.4, 0.5) is 9.18 Å². The van der Waals surface area contributed by atoms with Crippen molar-refractivity contribution in [2.24, 2.45) is 4.99 Å². The van der Waals surface area contributed by atoms with Gasteiger partial charge in [0.05, 0.1) is 24.8 Å². The van der Waals surface area contributed by atoms with Crippen molar-refractivity contribution in [2.45, 2.75) is 39.3 Å². The first kappa shape index (κ1) is 20.5. The number of hydrogen-bond donors (Lipinski definition) is 2. The molecule has 146 valence electrons. The Morgan fingerprint density at radius 3 is 2.74 bits per heavy atom. The highest BCUT2D eigenvalue weighted by Gasteiger charge is 2.24. The molecule has 0 aliphatic carbocycles. The number of hydrogen-bond acceptors (Lipinski definition) is 4. The van der Waals surface area contributed by atoms with E-state index < -0.39 is 5.82 Å². The van der Waals surface area contributed by atoms with Crippen LogP contribution in [0.15, 0.2) is 23.2 Å². The van der Waals surface area contributed by atoms with Crippen LogP contribution in [0.25, 0.3) is 0 Å². The van der Waals surface area contributed by atoms with Gasteiger partial charge in [0.15, 0.2) is 5.96 Å². The van der Waals surface area contributed by atoms with Gasteiger partial charge in [-0.15, -0.1) is 0 Å². The Labute approximate surface area is 159 Å². The van der Waals surface area contributed by atoms with Crippen LogP contribution in [0.3, 0.4) is 0 Å². The second-order valence-electron chi connectivity index (χ2n) is 6.22. The Bertz CT molecular complexity index is 709. The predicted molar refractivity (Wildman–Crippen MR) is 101 cm³/mol. The van der Waals surface area contributed by atoms with E-state index in [4.69, 9.17) is 10.00 Å². The average Bonchev–Trinajstić information content (AvgIpc) is 2.67. The molecule has 1 fully saturated rings. The fraction of sp³-hybridized carbons (Fsp3) is 0.526. The normalized spacial score (nSPS) is 15.2. The van der Waals surface area contributed by atoms with Crippen molar-refractivity contribution in [1.82, 2.24) is 15.5 Å². The van der Waals surface area contributed by atoms with Crippen LogP contribution in [0, 0.1) is 17.1 Å². The molecular formula is C19H26FN5O2. The molecule has 27 heavy (non-hydrogen) atoms. The molecule has 2 rings (SSSR count). The minimum atomic E-state index is -0.434. The molecule has 1 aliphatic rings. The van der Waals surface area contributed by atoms with E-state index in [-0.39, 0.29) is 18.7 Å². The molecule has 7 nitrogen and oxygen atoms in total. The first-order valence-electron chi connectivity index (χ1n) is 9.22. The van der Waals surface area contributed by atoms with Crippen molar-refractivity contribution in [3.8, 4) is 6.07 Å². The van der Waals surface area contributed by atoms with Crippen LogP contribution in [-0.4, -0.2) is 49.2 Å². The van der Waals surface area contributed by atoms with E-state index in [0.29, 0.717) is 43.3 Å². The monoisotopic (exact) mass is 375 g/mol. The maximum absolute atomic E-state index is 14.0. The third-order valence-electron chi connectivity index (χ3n) is 4.30. The van der Waals surface area contributed by atoms with Gasteiger partial charge in [0.1, 0.15) is 5.82 Å². The summed E-state index contributed by atoms with van der Waals surface area (Å²) in [4.78, 5) is 17.9. The molecule has 0 spiro atoms. The Kier molecular flexibility index (Phi) is 7.86. The zero-order valence-electron chi connectivity index (χ0n) is 15.8. The van der Waals surface area contributed by atoms with Gasteiger partial charge < -0.3 is 20.3 Å². The van der Waals surface area contributed by atoms with Crippen LogP contribution in [0.5, 0.6) is 0 Å². The summed E-state index contributed by atoms with van der Waals surface area (Å²) in [6.07, 6.45) is 1.30. The number of likely N-dealkylation sites (tertiary alicyclic amines) is 1. The number of nitriles is 1. The summed E-state index contributed by atoms with van der Waals surface area (Å²) in [5.74, 6) is 0.173. The highest BCUT2D eigenvalue weighted by molar-refractivity contribution is 5.80. The van der Waals surface area contributed by atoms with Crippen LogP contribution >= 0.6 is 0 Å². The molecule has 1 saturated heterocycles.